The van der Waals surface area contributed by atoms with Gasteiger partial charge in [-0.2, -0.15) is 0 Å². The summed E-state index contributed by atoms with van der Waals surface area (Å²) in [7, 11) is 0. The summed E-state index contributed by atoms with van der Waals surface area (Å²) in [6.45, 7) is 1.33. The number of piperidine rings is 1. The Morgan fingerprint density at radius 2 is 1.79 bits per heavy atom. The largest absolute Gasteiger partial charge is 0.366 e. The summed E-state index contributed by atoms with van der Waals surface area (Å²) in [6, 6.07) is 14.3. The third-order valence-electron chi connectivity index (χ3n) is 6.94. The molecule has 2 aromatic carbocycles. The Balaban J connectivity index is 1.24. The molecule has 0 radical (unpaired) electrons. The lowest BCUT2D eigenvalue weighted by atomic mass is 10.1. The number of H-pyrrole nitrogens is 1. The van der Waals surface area contributed by atoms with Gasteiger partial charge < -0.3 is 25.8 Å². The SMILES string of the molecule is O=C(NCc1cccc2[nH]ccc12)c1ccc(C(=O)N[C@@H](CNC(=O)c2cccs2)C(=O)ON2CCCCC2)c(Cl)c1. The molecule has 1 aliphatic rings. The molecule has 4 aromatic rings. The quantitative estimate of drug-likeness (QED) is 0.213. The van der Waals surface area contributed by atoms with Crippen LogP contribution in [0.15, 0.2) is 66.2 Å². The Labute approximate surface area is 251 Å². The summed E-state index contributed by atoms with van der Waals surface area (Å²) in [5.74, 6) is -2.05. The average molecular weight is 608 g/mol. The molecule has 0 spiro atoms. The molecule has 4 N–H and O–H groups in total. The summed E-state index contributed by atoms with van der Waals surface area (Å²) < 4.78 is 0. The number of hydrogen-bond acceptors (Lipinski definition) is 7. The molecular weight excluding hydrogens is 578 g/mol. The maximum Gasteiger partial charge on any atom is 0.349 e. The van der Waals surface area contributed by atoms with E-state index >= 15 is 0 Å². The minimum Gasteiger partial charge on any atom is -0.366 e. The van der Waals surface area contributed by atoms with E-state index in [0.29, 0.717) is 24.5 Å². The molecule has 1 saturated heterocycles. The van der Waals surface area contributed by atoms with Crippen LogP contribution in [0.25, 0.3) is 10.9 Å². The smallest absolute Gasteiger partial charge is 0.349 e. The van der Waals surface area contributed by atoms with Crippen molar-refractivity contribution in [2.75, 3.05) is 19.6 Å². The first-order valence-corrected chi connectivity index (χ1v) is 14.9. The monoisotopic (exact) mass is 607 g/mol. The molecule has 1 aliphatic heterocycles. The average Bonchev–Trinajstić information content (AvgIpc) is 3.71. The maximum atomic E-state index is 13.2. The summed E-state index contributed by atoms with van der Waals surface area (Å²) >= 11 is 7.69. The van der Waals surface area contributed by atoms with Gasteiger partial charge in [0.15, 0.2) is 0 Å². The van der Waals surface area contributed by atoms with Crippen molar-refractivity contribution in [2.45, 2.75) is 31.8 Å². The topological polar surface area (TPSA) is 133 Å². The number of hydrogen-bond donors (Lipinski definition) is 4. The van der Waals surface area contributed by atoms with Crippen molar-refractivity contribution in [3.63, 3.8) is 0 Å². The van der Waals surface area contributed by atoms with Gasteiger partial charge in [-0.05, 0) is 60.2 Å². The molecule has 3 heterocycles. The number of amides is 3. The van der Waals surface area contributed by atoms with Gasteiger partial charge in [-0.3, -0.25) is 14.4 Å². The highest BCUT2D eigenvalue weighted by Crippen LogP contribution is 2.20. The van der Waals surface area contributed by atoms with E-state index in [0.717, 1.165) is 35.7 Å². The molecular formula is C30H30ClN5O5S. The van der Waals surface area contributed by atoms with E-state index in [1.807, 2.05) is 30.5 Å². The van der Waals surface area contributed by atoms with Crippen molar-refractivity contribution >= 4 is 57.5 Å². The number of carbonyl (C=O) groups excluding carboxylic acids is 4. The molecule has 0 unspecified atom stereocenters. The zero-order valence-electron chi connectivity index (χ0n) is 22.7. The van der Waals surface area contributed by atoms with Crippen molar-refractivity contribution < 1.29 is 24.0 Å². The van der Waals surface area contributed by atoms with Crippen LogP contribution < -0.4 is 16.0 Å². The predicted octanol–water partition coefficient (Wildman–Crippen LogP) is 4.29. The first-order valence-electron chi connectivity index (χ1n) is 13.6. The molecule has 12 heteroatoms. The minimum atomic E-state index is -1.17. The molecule has 3 amide bonds. The second-order valence-corrected chi connectivity index (χ2v) is 11.2. The van der Waals surface area contributed by atoms with E-state index in [4.69, 9.17) is 16.4 Å². The van der Waals surface area contributed by atoms with E-state index in [2.05, 4.69) is 20.9 Å². The van der Waals surface area contributed by atoms with E-state index < -0.39 is 17.9 Å². The molecule has 0 aliphatic carbocycles. The number of rotatable bonds is 10. The van der Waals surface area contributed by atoms with Crippen LogP contribution >= 0.6 is 22.9 Å². The lowest BCUT2D eigenvalue weighted by Gasteiger charge is -2.27. The first kappa shape index (κ1) is 29.3. The van der Waals surface area contributed by atoms with E-state index in [9.17, 15) is 19.2 Å². The number of thiophene rings is 1. The van der Waals surface area contributed by atoms with Gasteiger partial charge in [-0.1, -0.05) is 36.2 Å². The minimum absolute atomic E-state index is 0.0404. The van der Waals surface area contributed by atoms with E-state index in [1.165, 1.54) is 29.5 Å². The standard InChI is InChI=1S/C30H30ClN5O5S/c31-23-16-19(27(37)33-17-20-6-4-7-24-21(20)11-12-32-24)9-10-22(23)28(38)35-25(18-34-29(39)26-8-5-15-42-26)30(40)41-36-13-2-1-3-14-36/h4-12,15-16,25,32H,1-3,13-14,17-18H2,(H,33,37)(H,34,39)(H,35,38)/t25-/m0/s1. The highest BCUT2D eigenvalue weighted by atomic mass is 35.5. The molecule has 218 valence electrons. The fraction of sp³-hybridized carbons (Fsp3) is 0.267. The molecule has 10 nitrogen and oxygen atoms in total. The van der Waals surface area contributed by atoms with Crippen LogP contribution in [-0.2, 0) is 16.2 Å². The first-order chi connectivity index (χ1) is 20.4. The van der Waals surface area contributed by atoms with Gasteiger partial charge in [0.1, 0.15) is 6.04 Å². The molecule has 1 fully saturated rings. The number of nitrogens with zero attached hydrogens (tertiary/aromatic N) is 1. The van der Waals surface area contributed by atoms with Gasteiger partial charge in [0.25, 0.3) is 17.7 Å². The van der Waals surface area contributed by atoms with Crippen LogP contribution in [0.4, 0.5) is 0 Å². The molecule has 5 rings (SSSR count). The van der Waals surface area contributed by atoms with Crippen molar-refractivity contribution in [1.82, 2.24) is 26.0 Å². The van der Waals surface area contributed by atoms with Gasteiger partial charge in [0, 0.05) is 48.8 Å². The number of carbonyl (C=O) groups is 4. The summed E-state index contributed by atoms with van der Waals surface area (Å²) in [6.07, 6.45) is 4.70. The van der Waals surface area contributed by atoms with Crippen molar-refractivity contribution in [3.8, 4) is 0 Å². The molecule has 2 aromatic heterocycles. The van der Waals surface area contributed by atoms with Gasteiger partial charge in [-0.15, -0.1) is 16.4 Å². The number of halogens is 1. The van der Waals surface area contributed by atoms with Crippen molar-refractivity contribution in [1.29, 1.82) is 0 Å². The highest BCUT2D eigenvalue weighted by molar-refractivity contribution is 7.12. The number of aromatic amines is 1. The van der Waals surface area contributed by atoms with Crippen molar-refractivity contribution in [2.24, 2.45) is 0 Å². The molecule has 0 saturated carbocycles. The van der Waals surface area contributed by atoms with Crippen LogP contribution in [0, 0.1) is 0 Å². The summed E-state index contributed by atoms with van der Waals surface area (Å²) in [5, 5.41) is 12.6. The fourth-order valence-corrected chi connectivity index (χ4v) is 5.60. The Morgan fingerprint density at radius 1 is 0.952 bits per heavy atom. The maximum absolute atomic E-state index is 13.2. The number of fused-ring (bicyclic) bond motifs is 1. The Bertz CT molecular complexity index is 1580. The van der Waals surface area contributed by atoms with Crippen LogP contribution in [0.5, 0.6) is 0 Å². The van der Waals surface area contributed by atoms with Crippen LogP contribution in [0.1, 0.15) is 55.2 Å². The Kier molecular flexibility index (Phi) is 9.52. The molecule has 0 bridgehead atoms. The van der Waals surface area contributed by atoms with Crippen LogP contribution in [0.3, 0.4) is 0 Å². The lowest BCUT2D eigenvalue weighted by Crippen LogP contribution is -2.51. The van der Waals surface area contributed by atoms with Gasteiger partial charge in [-0.25, -0.2) is 4.79 Å². The highest BCUT2D eigenvalue weighted by Gasteiger charge is 2.28. The zero-order valence-corrected chi connectivity index (χ0v) is 24.2. The van der Waals surface area contributed by atoms with Crippen LogP contribution in [0.2, 0.25) is 5.02 Å². The van der Waals surface area contributed by atoms with Gasteiger partial charge >= 0.3 is 5.97 Å². The predicted molar refractivity (Wildman–Crippen MR) is 160 cm³/mol. The number of nitrogens with one attached hydrogen (secondary N) is 4. The third-order valence-corrected chi connectivity index (χ3v) is 8.12. The fourth-order valence-electron chi connectivity index (χ4n) is 4.69. The zero-order chi connectivity index (χ0) is 29.5. The second kappa shape index (κ2) is 13.6. The third kappa shape index (κ3) is 7.17. The molecule has 1 atom stereocenters. The summed E-state index contributed by atoms with van der Waals surface area (Å²) in [4.78, 5) is 60.7. The van der Waals surface area contributed by atoms with Gasteiger partial charge in [0.05, 0.1) is 15.5 Å². The number of hydroxylamine groups is 2. The molecule has 42 heavy (non-hydrogen) atoms. The van der Waals surface area contributed by atoms with Crippen molar-refractivity contribution in [3.05, 3.63) is 92.8 Å². The number of benzene rings is 2. The Hall–Kier alpha value is -4.19. The van der Waals surface area contributed by atoms with Crippen LogP contribution in [-0.4, -0.2) is 59.4 Å². The Morgan fingerprint density at radius 3 is 2.55 bits per heavy atom. The summed E-state index contributed by atoms with van der Waals surface area (Å²) in [5.41, 5.74) is 2.29. The van der Waals surface area contributed by atoms with E-state index in [1.54, 1.807) is 22.6 Å². The lowest BCUT2D eigenvalue weighted by molar-refractivity contribution is -0.196. The normalized spacial score (nSPS) is 14.2. The van der Waals surface area contributed by atoms with Gasteiger partial charge in [0.2, 0.25) is 0 Å². The number of aromatic nitrogens is 1. The second-order valence-electron chi connectivity index (χ2n) is 9.85. The van der Waals surface area contributed by atoms with E-state index in [-0.39, 0.29) is 34.5 Å².